The number of carboxylic acids is 1. The van der Waals surface area contributed by atoms with Gasteiger partial charge in [0.2, 0.25) is 5.76 Å². The van der Waals surface area contributed by atoms with E-state index in [9.17, 15) is 9.00 Å². The number of aryl methyl sites for hydroxylation is 1. The van der Waals surface area contributed by atoms with Crippen molar-refractivity contribution >= 4 is 16.8 Å². The Bertz CT molecular complexity index is 645. The van der Waals surface area contributed by atoms with Crippen LogP contribution in [0.5, 0.6) is 5.75 Å². The van der Waals surface area contributed by atoms with E-state index in [1.165, 1.54) is 11.6 Å². The van der Waals surface area contributed by atoms with Gasteiger partial charge in [-0.1, -0.05) is 17.7 Å². The Morgan fingerprint density at radius 2 is 1.95 bits per heavy atom. The highest BCUT2D eigenvalue weighted by Crippen LogP contribution is 2.13. The van der Waals surface area contributed by atoms with Crippen LogP contribution in [0.15, 0.2) is 40.8 Å². The molecule has 0 aliphatic carbocycles. The van der Waals surface area contributed by atoms with Crippen molar-refractivity contribution in [2.24, 2.45) is 0 Å². The quantitative estimate of drug-likeness (QED) is 0.756. The highest BCUT2D eigenvalue weighted by Gasteiger charge is 2.11. The number of furan rings is 1. The van der Waals surface area contributed by atoms with Crippen molar-refractivity contribution in [3.63, 3.8) is 0 Å². The summed E-state index contributed by atoms with van der Waals surface area (Å²) in [6.45, 7) is 2.50. The predicted molar refractivity (Wildman–Crippen MR) is 83.7 cm³/mol. The van der Waals surface area contributed by atoms with Gasteiger partial charge in [0.15, 0.2) is 0 Å². The number of carbonyl (C=O) groups is 1. The van der Waals surface area contributed by atoms with Crippen molar-refractivity contribution in [3.8, 4) is 5.75 Å². The SMILES string of the molecule is Cc1ccc(OCCCS(=O)Cc2ccc(C(=O)O)o2)cc1. The number of rotatable bonds is 8. The van der Waals surface area contributed by atoms with Gasteiger partial charge in [-0.15, -0.1) is 0 Å². The first-order chi connectivity index (χ1) is 10.5. The first-order valence-corrected chi connectivity index (χ1v) is 8.40. The average molecular weight is 322 g/mol. The maximum Gasteiger partial charge on any atom is 0.371 e. The molecule has 1 aromatic heterocycles. The first-order valence-electron chi connectivity index (χ1n) is 6.91. The normalized spacial score (nSPS) is 12.0. The van der Waals surface area contributed by atoms with Gasteiger partial charge in [-0.25, -0.2) is 4.79 Å². The number of ether oxygens (including phenoxy) is 1. The maximum absolute atomic E-state index is 11.9. The molecular weight excluding hydrogens is 304 g/mol. The summed E-state index contributed by atoms with van der Waals surface area (Å²) in [4.78, 5) is 10.7. The van der Waals surface area contributed by atoms with Crippen LogP contribution in [0, 0.1) is 6.92 Å². The van der Waals surface area contributed by atoms with Gasteiger partial charge in [-0.05, 0) is 37.6 Å². The molecule has 2 aromatic rings. The molecule has 0 bridgehead atoms. The molecule has 0 fully saturated rings. The number of carboxylic acid groups (broad SMARTS) is 1. The van der Waals surface area contributed by atoms with Crippen molar-refractivity contribution < 1.29 is 23.3 Å². The smallest absolute Gasteiger partial charge is 0.371 e. The maximum atomic E-state index is 11.9. The van der Waals surface area contributed by atoms with Crippen LogP contribution in [-0.2, 0) is 16.6 Å². The number of hydrogen-bond donors (Lipinski definition) is 1. The fourth-order valence-electron chi connectivity index (χ4n) is 1.85. The summed E-state index contributed by atoms with van der Waals surface area (Å²) in [6.07, 6.45) is 0.660. The molecule has 0 saturated carbocycles. The minimum Gasteiger partial charge on any atom is -0.494 e. The van der Waals surface area contributed by atoms with E-state index in [-0.39, 0.29) is 11.5 Å². The second kappa shape index (κ2) is 7.79. The molecular formula is C16H18O5S. The summed E-state index contributed by atoms with van der Waals surface area (Å²) >= 11 is 0. The van der Waals surface area contributed by atoms with Crippen LogP contribution in [0.3, 0.4) is 0 Å². The van der Waals surface area contributed by atoms with Crippen molar-refractivity contribution in [2.75, 3.05) is 12.4 Å². The lowest BCUT2D eigenvalue weighted by molar-refractivity contribution is 0.0660. The summed E-state index contributed by atoms with van der Waals surface area (Å²) in [5, 5.41) is 8.74. The lowest BCUT2D eigenvalue weighted by atomic mass is 10.2. The Hall–Kier alpha value is -2.08. The van der Waals surface area contributed by atoms with Crippen LogP contribution in [0.25, 0.3) is 0 Å². The predicted octanol–water partition coefficient (Wildman–Crippen LogP) is 3.00. The Morgan fingerprint density at radius 1 is 1.23 bits per heavy atom. The lowest BCUT2D eigenvalue weighted by Gasteiger charge is -2.06. The zero-order valence-corrected chi connectivity index (χ0v) is 13.1. The van der Waals surface area contributed by atoms with Crippen molar-refractivity contribution in [1.29, 1.82) is 0 Å². The Morgan fingerprint density at radius 3 is 2.59 bits per heavy atom. The third-order valence-corrected chi connectivity index (χ3v) is 4.33. The monoisotopic (exact) mass is 322 g/mol. The molecule has 22 heavy (non-hydrogen) atoms. The third kappa shape index (κ3) is 5.04. The van der Waals surface area contributed by atoms with Gasteiger partial charge < -0.3 is 14.3 Å². The van der Waals surface area contributed by atoms with Gasteiger partial charge in [-0.3, -0.25) is 4.21 Å². The fraction of sp³-hybridized carbons (Fsp3) is 0.312. The summed E-state index contributed by atoms with van der Waals surface area (Å²) < 4.78 is 22.5. The topological polar surface area (TPSA) is 76.7 Å². The molecule has 1 atom stereocenters. The molecule has 0 amide bonds. The molecule has 0 radical (unpaired) electrons. The highest BCUT2D eigenvalue weighted by atomic mass is 32.2. The molecule has 5 nitrogen and oxygen atoms in total. The van der Waals surface area contributed by atoms with E-state index in [4.69, 9.17) is 14.3 Å². The molecule has 1 unspecified atom stereocenters. The molecule has 0 aliphatic rings. The van der Waals surface area contributed by atoms with Crippen molar-refractivity contribution in [3.05, 3.63) is 53.5 Å². The van der Waals surface area contributed by atoms with E-state index in [0.717, 1.165) is 5.75 Å². The summed E-state index contributed by atoms with van der Waals surface area (Å²) in [7, 11) is -1.10. The van der Waals surface area contributed by atoms with Crippen LogP contribution in [0.4, 0.5) is 0 Å². The molecule has 1 heterocycles. The highest BCUT2D eigenvalue weighted by molar-refractivity contribution is 7.84. The number of hydrogen-bond acceptors (Lipinski definition) is 4. The van der Waals surface area contributed by atoms with Crippen LogP contribution in [0.1, 0.15) is 28.3 Å². The number of aromatic carboxylic acids is 1. The first kappa shape index (κ1) is 16.3. The van der Waals surface area contributed by atoms with E-state index < -0.39 is 16.8 Å². The zero-order valence-electron chi connectivity index (χ0n) is 12.3. The van der Waals surface area contributed by atoms with Crippen molar-refractivity contribution in [2.45, 2.75) is 19.1 Å². The molecule has 0 saturated heterocycles. The van der Waals surface area contributed by atoms with Crippen LogP contribution in [0.2, 0.25) is 0 Å². The molecule has 1 aromatic carbocycles. The van der Waals surface area contributed by atoms with Crippen LogP contribution in [-0.4, -0.2) is 27.6 Å². The molecule has 2 rings (SSSR count). The minimum atomic E-state index is -1.12. The number of benzene rings is 1. The van der Waals surface area contributed by atoms with Crippen LogP contribution < -0.4 is 4.74 Å². The van der Waals surface area contributed by atoms with Gasteiger partial charge >= 0.3 is 5.97 Å². The molecule has 6 heteroatoms. The minimum absolute atomic E-state index is 0.130. The Kier molecular flexibility index (Phi) is 5.77. The Labute approximate surface area is 131 Å². The molecule has 118 valence electrons. The third-order valence-electron chi connectivity index (χ3n) is 2.98. The van der Waals surface area contributed by atoms with Crippen LogP contribution >= 0.6 is 0 Å². The second-order valence-corrected chi connectivity index (χ2v) is 6.45. The fourth-order valence-corrected chi connectivity index (χ4v) is 2.90. The average Bonchev–Trinajstić information content (AvgIpc) is 2.94. The molecule has 0 spiro atoms. The summed E-state index contributed by atoms with van der Waals surface area (Å²) in [6, 6.07) is 10.7. The van der Waals surface area contributed by atoms with Gasteiger partial charge in [0.05, 0.1) is 12.4 Å². The van der Waals surface area contributed by atoms with Gasteiger partial charge in [0, 0.05) is 16.6 Å². The Balaban J connectivity index is 1.69. The standard InChI is InChI=1S/C16H18O5S/c1-12-3-5-13(6-4-12)20-9-2-10-22(19)11-14-7-8-15(21-14)16(17)18/h3-8H,2,9-11H2,1H3,(H,17,18). The summed E-state index contributed by atoms with van der Waals surface area (Å²) in [5.74, 6) is 0.675. The van der Waals surface area contributed by atoms with E-state index in [1.807, 2.05) is 31.2 Å². The van der Waals surface area contributed by atoms with E-state index in [0.29, 0.717) is 24.5 Å². The summed E-state index contributed by atoms with van der Waals surface area (Å²) in [5.41, 5.74) is 1.17. The van der Waals surface area contributed by atoms with Gasteiger partial charge in [0.1, 0.15) is 11.5 Å². The zero-order chi connectivity index (χ0) is 15.9. The van der Waals surface area contributed by atoms with Gasteiger partial charge in [-0.2, -0.15) is 0 Å². The van der Waals surface area contributed by atoms with E-state index >= 15 is 0 Å². The van der Waals surface area contributed by atoms with Gasteiger partial charge in [0.25, 0.3) is 0 Å². The lowest BCUT2D eigenvalue weighted by Crippen LogP contribution is -2.06. The van der Waals surface area contributed by atoms with E-state index in [1.54, 1.807) is 6.07 Å². The van der Waals surface area contributed by atoms with E-state index in [2.05, 4.69) is 0 Å². The molecule has 0 aliphatic heterocycles. The second-order valence-electron chi connectivity index (χ2n) is 4.87. The molecule has 1 N–H and O–H groups in total. The largest absolute Gasteiger partial charge is 0.494 e. The van der Waals surface area contributed by atoms with Crippen molar-refractivity contribution in [1.82, 2.24) is 0 Å².